The normalized spacial score (nSPS) is 16.8. The van der Waals surface area contributed by atoms with Gasteiger partial charge in [-0.05, 0) is 31.2 Å². The molecule has 2 heterocycles. The number of rotatable bonds is 6. The van der Waals surface area contributed by atoms with Gasteiger partial charge in [-0.1, -0.05) is 12.1 Å². The highest BCUT2D eigenvalue weighted by atomic mass is 19.1. The summed E-state index contributed by atoms with van der Waals surface area (Å²) in [6.07, 6.45) is -0.989. The van der Waals surface area contributed by atoms with Gasteiger partial charge < -0.3 is 14.1 Å². The van der Waals surface area contributed by atoms with Gasteiger partial charge in [0.05, 0.1) is 16.5 Å². The van der Waals surface area contributed by atoms with Gasteiger partial charge in [-0.3, -0.25) is 19.7 Å². The van der Waals surface area contributed by atoms with Crippen LogP contribution in [-0.4, -0.2) is 33.5 Å². The number of halogens is 1. The number of nitro groups is 1. The van der Waals surface area contributed by atoms with Gasteiger partial charge in [0.25, 0.3) is 11.6 Å². The van der Waals surface area contributed by atoms with Crippen molar-refractivity contribution in [3.63, 3.8) is 0 Å². The Kier molecular flexibility index (Phi) is 5.63. The second-order valence-electron chi connectivity index (χ2n) is 7.19. The van der Waals surface area contributed by atoms with Crippen LogP contribution in [0, 0.1) is 21.8 Å². The highest BCUT2D eigenvalue weighted by Crippen LogP contribution is 2.30. The molecule has 0 spiro atoms. The number of nitro benzene ring substituents is 1. The fraction of sp³-hybridized carbons (Fsp3) is 0.238. The molecular formula is C21H17FN4O6. The van der Waals surface area contributed by atoms with Crippen LogP contribution in [0.25, 0.3) is 11.5 Å². The Morgan fingerprint density at radius 2 is 1.97 bits per heavy atom. The van der Waals surface area contributed by atoms with E-state index < -0.39 is 28.7 Å². The van der Waals surface area contributed by atoms with E-state index in [1.165, 1.54) is 54.3 Å². The van der Waals surface area contributed by atoms with Crippen molar-refractivity contribution in [3.05, 3.63) is 70.4 Å². The quantitative estimate of drug-likeness (QED) is 0.324. The van der Waals surface area contributed by atoms with E-state index in [-0.39, 0.29) is 42.0 Å². The topological polar surface area (TPSA) is 129 Å². The average molecular weight is 440 g/mol. The Balaban J connectivity index is 1.41. The fourth-order valence-corrected chi connectivity index (χ4v) is 3.33. The molecule has 1 aliphatic rings. The summed E-state index contributed by atoms with van der Waals surface area (Å²) in [5, 5.41) is 18.5. The Morgan fingerprint density at radius 3 is 2.66 bits per heavy atom. The Bertz CT molecular complexity index is 1180. The largest absolute Gasteiger partial charge is 0.452 e. The zero-order valence-corrected chi connectivity index (χ0v) is 16.8. The van der Waals surface area contributed by atoms with Crippen LogP contribution in [0.2, 0.25) is 0 Å². The number of benzene rings is 2. The van der Waals surface area contributed by atoms with E-state index in [1.807, 2.05) is 0 Å². The minimum Gasteiger partial charge on any atom is -0.452 e. The van der Waals surface area contributed by atoms with Crippen LogP contribution in [-0.2, 0) is 14.3 Å². The monoisotopic (exact) mass is 440 g/mol. The summed E-state index contributed by atoms with van der Waals surface area (Å²) in [6.45, 7) is 1.54. The highest BCUT2D eigenvalue weighted by molar-refractivity contribution is 5.99. The molecule has 11 heteroatoms. The lowest BCUT2D eigenvalue weighted by Gasteiger charge is -2.17. The van der Waals surface area contributed by atoms with Crippen LogP contribution in [0.3, 0.4) is 0 Å². The number of para-hydroxylation sites is 1. The summed E-state index contributed by atoms with van der Waals surface area (Å²) in [7, 11) is 0. The molecule has 1 aliphatic heterocycles. The summed E-state index contributed by atoms with van der Waals surface area (Å²) >= 11 is 0. The lowest BCUT2D eigenvalue weighted by Crippen LogP contribution is -2.27. The number of hydrogen-bond donors (Lipinski definition) is 0. The third kappa shape index (κ3) is 4.17. The lowest BCUT2D eigenvalue weighted by molar-refractivity contribution is -0.384. The predicted octanol–water partition coefficient (Wildman–Crippen LogP) is 3.44. The number of aromatic nitrogens is 2. The molecule has 1 aromatic heterocycles. The first-order valence-electron chi connectivity index (χ1n) is 9.67. The van der Waals surface area contributed by atoms with E-state index >= 15 is 0 Å². The van der Waals surface area contributed by atoms with Gasteiger partial charge in [-0.2, -0.15) is 0 Å². The summed E-state index contributed by atoms with van der Waals surface area (Å²) < 4.78 is 24.9. The minimum atomic E-state index is -0.889. The van der Waals surface area contributed by atoms with Crippen molar-refractivity contribution >= 4 is 23.3 Å². The van der Waals surface area contributed by atoms with E-state index in [1.54, 1.807) is 6.07 Å². The van der Waals surface area contributed by atoms with Gasteiger partial charge in [-0.15, -0.1) is 10.2 Å². The highest BCUT2D eigenvalue weighted by Gasteiger charge is 2.38. The second kappa shape index (κ2) is 8.53. The van der Waals surface area contributed by atoms with E-state index in [2.05, 4.69) is 10.2 Å². The maximum Gasteiger partial charge on any atom is 0.312 e. The predicted molar refractivity (Wildman–Crippen MR) is 108 cm³/mol. The SMILES string of the molecule is CC(OC(=O)C1CC(=O)N(c2ccccc2F)C1)c1nnc(-c2ccc([N+](=O)[O-])cc2)o1. The lowest BCUT2D eigenvalue weighted by atomic mass is 10.1. The molecule has 0 radical (unpaired) electrons. The Labute approximate surface area is 180 Å². The van der Waals surface area contributed by atoms with Gasteiger partial charge >= 0.3 is 5.97 Å². The van der Waals surface area contributed by atoms with Crippen LogP contribution >= 0.6 is 0 Å². The molecule has 164 valence electrons. The van der Waals surface area contributed by atoms with Crippen LogP contribution < -0.4 is 4.90 Å². The molecule has 32 heavy (non-hydrogen) atoms. The number of hydrogen-bond acceptors (Lipinski definition) is 8. The van der Waals surface area contributed by atoms with Crippen LogP contribution in [0.1, 0.15) is 25.3 Å². The standard InChI is InChI=1S/C21H17FN4O6/c1-12(19-23-24-20(32-19)13-6-8-15(9-7-13)26(29)30)31-21(28)14-10-18(27)25(11-14)17-5-3-2-4-16(17)22/h2-9,12,14H,10-11H2,1H3. The third-order valence-corrected chi connectivity index (χ3v) is 5.01. The molecule has 0 N–H and O–H groups in total. The van der Waals surface area contributed by atoms with E-state index in [0.717, 1.165) is 0 Å². The molecule has 4 rings (SSSR count). The molecule has 2 aromatic carbocycles. The smallest absolute Gasteiger partial charge is 0.312 e. The van der Waals surface area contributed by atoms with Gasteiger partial charge in [0, 0.05) is 30.7 Å². The number of non-ortho nitro benzene ring substituents is 1. The van der Waals surface area contributed by atoms with Crippen molar-refractivity contribution in [2.24, 2.45) is 5.92 Å². The molecule has 10 nitrogen and oxygen atoms in total. The number of anilines is 1. The van der Waals surface area contributed by atoms with Crippen LogP contribution in [0.4, 0.5) is 15.8 Å². The molecule has 0 saturated carbocycles. The summed E-state index contributed by atoms with van der Waals surface area (Å²) in [5.74, 6) is -2.18. The maximum atomic E-state index is 14.0. The first kappa shape index (κ1) is 21.1. The van der Waals surface area contributed by atoms with Crippen molar-refractivity contribution in [1.82, 2.24) is 10.2 Å². The van der Waals surface area contributed by atoms with Crippen LogP contribution in [0.15, 0.2) is 52.9 Å². The zero-order valence-electron chi connectivity index (χ0n) is 16.8. The van der Waals surface area contributed by atoms with Crippen LogP contribution in [0.5, 0.6) is 0 Å². The molecule has 0 aliphatic carbocycles. The minimum absolute atomic E-state index is 0.00317. The summed E-state index contributed by atoms with van der Waals surface area (Å²) in [6, 6.07) is 11.4. The first-order chi connectivity index (χ1) is 15.3. The van der Waals surface area contributed by atoms with Crippen molar-refractivity contribution < 1.29 is 28.1 Å². The fourth-order valence-electron chi connectivity index (χ4n) is 3.33. The number of nitrogens with zero attached hydrogens (tertiary/aromatic N) is 4. The molecule has 3 aromatic rings. The molecule has 1 saturated heterocycles. The van der Waals surface area contributed by atoms with Crippen molar-refractivity contribution in [1.29, 1.82) is 0 Å². The van der Waals surface area contributed by atoms with Gasteiger partial charge in [0.2, 0.25) is 11.8 Å². The van der Waals surface area contributed by atoms with Crippen molar-refractivity contribution in [3.8, 4) is 11.5 Å². The average Bonchev–Trinajstić information content (AvgIpc) is 3.41. The second-order valence-corrected chi connectivity index (χ2v) is 7.19. The third-order valence-electron chi connectivity index (χ3n) is 5.01. The maximum absolute atomic E-state index is 14.0. The molecular weight excluding hydrogens is 423 g/mol. The van der Waals surface area contributed by atoms with E-state index in [0.29, 0.717) is 5.56 Å². The number of ether oxygens (including phenoxy) is 1. The molecule has 2 unspecified atom stereocenters. The van der Waals surface area contributed by atoms with Crippen molar-refractivity contribution in [2.75, 3.05) is 11.4 Å². The number of amides is 1. The van der Waals surface area contributed by atoms with Crippen molar-refractivity contribution in [2.45, 2.75) is 19.4 Å². The number of carbonyl (C=O) groups is 2. The van der Waals surface area contributed by atoms with E-state index in [4.69, 9.17) is 9.15 Å². The van der Waals surface area contributed by atoms with Gasteiger partial charge in [-0.25, -0.2) is 4.39 Å². The number of carbonyl (C=O) groups excluding carboxylic acids is 2. The molecule has 2 atom stereocenters. The first-order valence-corrected chi connectivity index (χ1v) is 9.67. The van der Waals surface area contributed by atoms with Gasteiger partial charge in [0.1, 0.15) is 5.82 Å². The Hall–Kier alpha value is -4.15. The molecule has 1 amide bonds. The summed E-state index contributed by atoms with van der Waals surface area (Å²) in [4.78, 5) is 36.3. The molecule has 1 fully saturated rings. The summed E-state index contributed by atoms with van der Waals surface area (Å²) in [5.41, 5.74) is 0.506. The van der Waals surface area contributed by atoms with E-state index in [9.17, 15) is 24.1 Å². The number of esters is 1. The Morgan fingerprint density at radius 1 is 1.25 bits per heavy atom. The van der Waals surface area contributed by atoms with Gasteiger partial charge in [0.15, 0.2) is 6.10 Å². The zero-order chi connectivity index (χ0) is 22.8. The molecule has 0 bridgehead atoms.